The summed E-state index contributed by atoms with van der Waals surface area (Å²) in [5.41, 5.74) is 0.473. The van der Waals surface area contributed by atoms with Gasteiger partial charge in [0, 0.05) is 18.2 Å². The summed E-state index contributed by atoms with van der Waals surface area (Å²) in [5, 5.41) is 3.39. The van der Waals surface area contributed by atoms with E-state index >= 15 is 0 Å². The highest BCUT2D eigenvalue weighted by Gasteiger charge is 2.34. The van der Waals surface area contributed by atoms with Crippen molar-refractivity contribution >= 4 is 5.91 Å². The maximum atomic E-state index is 13.3. The molecule has 1 amide bonds. The lowest BCUT2D eigenvalue weighted by Crippen LogP contribution is -2.42. The number of piperidine rings is 1. The maximum absolute atomic E-state index is 13.3. The standard InChI is InChI=1S/C16H21FN2O/c17-14-5-1-4-13(9-14)16(20)19(15-6-7-15)11-12-3-2-8-18-10-12/h1,4-5,9,12,15,18H,2-3,6-8,10-11H2. The fourth-order valence-corrected chi connectivity index (χ4v) is 2.93. The van der Waals surface area contributed by atoms with Crippen LogP contribution in [0.5, 0.6) is 0 Å². The summed E-state index contributed by atoms with van der Waals surface area (Å²) in [6.07, 6.45) is 4.52. The van der Waals surface area contributed by atoms with Crippen LogP contribution in [0.2, 0.25) is 0 Å². The quantitative estimate of drug-likeness (QED) is 0.916. The molecule has 1 aromatic carbocycles. The van der Waals surface area contributed by atoms with E-state index < -0.39 is 0 Å². The molecule has 1 saturated heterocycles. The zero-order chi connectivity index (χ0) is 13.9. The van der Waals surface area contributed by atoms with Crippen molar-refractivity contribution in [3.05, 3.63) is 35.6 Å². The molecule has 2 aliphatic rings. The minimum atomic E-state index is -0.342. The van der Waals surface area contributed by atoms with Crippen LogP contribution in [0, 0.1) is 11.7 Å². The predicted octanol–water partition coefficient (Wildman–Crippen LogP) is 2.43. The Labute approximate surface area is 119 Å². The molecule has 0 bridgehead atoms. The molecule has 4 heteroatoms. The van der Waals surface area contributed by atoms with Gasteiger partial charge in [-0.15, -0.1) is 0 Å². The van der Waals surface area contributed by atoms with Crippen molar-refractivity contribution in [1.29, 1.82) is 0 Å². The summed E-state index contributed by atoms with van der Waals surface area (Å²) < 4.78 is 13.3. The molecule has 1 aliphatic carbocycles. The lowest BCUT2D eigenvalue weighted by Gasteiger charge is -2.30. The molecule has 1 N–H and O–H groups in total. The van der Waals surface area contributed by atoms with E-state index in [2.05, 4.69) is 5.32 Å². The van der Waals surface area contributed by atoms with Gasteiger partial charge in [0.05, 0.1) is 0 Å². The van der Waals surface area contributed by atoms with Gasteiger partial charge in [-0.25, -0.2) is 4.39 Å². The molecule has 3 nitrogen and oxygen atoms in total. The molecule has 1 aliphatic heterocycles. The maximum Gasteiger partial charge on any atom is 0.254 e. The van der Waals surface area contributed by atoms with E-state index in [9.17, 15) is 9.18 Å². The Hall–Kier alpha value is -1.42. The van der Waals surface area contributed by atoms with Crippen LogP contribution in [0.3, 0.4) is 0 Å². The van der Waals surface area contributed by atoms with Crippen molar-refractivity contribution in [3.63, 3.8) is 0 Å². The fourth-order valence-electron chi connectivity index (χ4n) is 2.93. The largest absolute Gasteiger partial charge is 0.335 e. The molecule has 1 unspecified atom stereocenters. The first kappa shape index (κ1) is 13.6. The van der Waals surface area contributed by atoms with Crippen LogP contribution in [0.25, 0.3) is 0 Å². The minimum Gasteiger partial charge on any atom is -0.335 e. The summed E-state index contributed by atoms with van der Waals surface area (Å²) in [4.78, 5) is 14.6. The molecular formula is C16H21FN2O. The Balaban J connectivity index is 1.71. The number of carbonyl (C=O) groups is 1. The molecule has 108 valence electrons. The number of hydrogen-bond acceptors (Lipinski definition) is 2. The highest BCUT2D eigenvalue weighted by molar-refractivity contribution is 5.94. The average molecular weight is 276 g/mol. The van der Waals surface area contributed by atoms with Crippen LogP contribution in [0.4, 0.5) is 4.39 Å². The first-order chi connectivity index (χ1) is 9.74. The van der Waals surface area contributed by atoms with Crippen molar-refractivity contribution in [2.24, 2.45) is 5.92 Å². The Bertz CT molecular complexity index is 481. The van der Waals surface area contributed by atoms with E-state index in [4.69, 9.17) is 0 Å². The third-order valence-corrected chi connectivity index (χ3v) is 4.17. The molecule has 1 saturated carbocycles. The van der Waals surface area contributed by atoms with Gasteiger partial charge in [-0.2, -0.15) is 0 Å². The van der Waals surface area contributed by atoms with Gasteiger partial charge < -0.3 is 10.2 Å². The number of halogens is 1. The van der Waals surface area contributed by atoms with Crippen molar-refractivity contribution in [2.75, 3.05) is 19.6 Å². The Morgan fingerprint density at radius 3 is 2.85 bits per heavy atom. The van der Waals surface area contributed by atoms with Crippen molar-refractivity contribution in [1.82, 2.24) is 10.2 Å². The second-order valence-corrected chi connectivity index (χ2v) is 5.91. The first-order valence-corrected chi connectivity index (χ1v) is 7.51. The molecule has 1 heterocycles. The molecule has 2 fully saturated rings. The highest BCUT2D eigenvalue weighted by Crippen LogP contribution is 2.30. The van der Waals surface area contributed by atoms with Crippen LogP contribution < -0.4 is 5.32 Å². The normalized spacial score (nSPS) is 22.6. The van der Waals surface area contributed by atoms with E-state index in [1.54, 1.807) is 12.1 Å². The fraction of sp³-hybridized carbons (Fsp3) is 0.562. The summed E-state index contributed by atoms with van der Waals surface area (Å²) >= 11 is 0. The zero-order valence-corrected chi connectivity index (χ0v) is 11.6. The van der Waals surface area contributed by atoms with Gasteiger partial charge in [0.1, 0.15) is 5.82 Å². The van der Waals surface area contributed by atoms with Crippen LogP contribution >= 0.6 is 0 Å². The van der Waals surface area contributed by atoms with Crippen molar-refractivity contribution in [3.8, 4) is 0 Å². The molecule has 0 radical (unpaired) electrons. The SMILES string of the molecule is O=C(c1cccc(F)c1)N(CC1CCCNC1)C1CC1. The summed E-state index contributed by atoms with van der Waals surface area (Å²) in [6, 6.07) is 6.41. The molecular weight excluding hydrogens is 255 g/mol. The molecule has 0 spiro atoms. The number of rotatable bonds is 4. The van der Waals surface area contributed by atoms with E-state index in [1.165, 1.54) is 25.0 Å². The monoisotopic (exact) mass is 276 g/mol. The summed E-state index contributed by atoms with van der Waals surface area (Å²) in [6.45, 7) is 2.87. The van der Waals surface area contributed by atoms with Crippen molar-refractivity contribution in [2.45, 2.75) is 31.7 Å². The van der Waals surface area contributed by atoms with Gasteiger partial charge in [0.2, 0.25) is 0 Å². The number of nitrogens with one attached hydrogen (secondary N) is 1. The Morgan fingerprint density at radius 2 is 2.20 bits per heavy atom. The topological polar surface area (TPSA) is 32.3 Å². The van der Waals surface area contributed by atoms with E-state index in [-0.39, 0.29) is 11.7 Å². The highest BCUT2D eigenvalue weighted by atomic mass is 19.1. The molecule has 1 atom stereocenters. The van der Waals surface area contributed by atoms with Crippen molar-refractivity contribution < 1.29 is 9.18 Å². The van der Waals surface area contributed by atoms with E-state index in [0.717, 1.165) is 32.5 Å². The smallest absolute Gasteiger partial charge is 0.254 e. The van der Waals surface area contributed by atoms with Gasteiger partial charge in [-0.1, -0.05) is 6.07 Å². The number of benzene rings is 1. The third-order valence-electron chi connectivity index (χ3n) is 4.17. The zero-order valence-electron chi connectivity index (χ0n) is 11.6. The van der Waals surface area contributed by atoms with Gasteiger partial charge in [0.15, 0.2) is 0 Å². The van der Waals surface area contributed by atoms with E-state index in [1.807, 2.05) is 4.90 Å². The number of amides is 1. The first-order valence-electron chi connectivity index (χ1n) is 7.51. The van der Waals surface area contributed by atoms with Gasteiger partial charge in [0.25, 0.3) is 5.91 Å². The average Bonchev–Trinajstić information content (AvgIpc) is 3.30. The Kier molecular flexibility index (Phi) is 4.01. The lowest BCUT2D eigenvalue weighted by atomic mass is 9.98. The lowest BCUT2D eigenvalue weighted by molar-refractivity contribution is 0.0703. The number of nitrogens with zero attached hydrogens (tertiary/aromatic N) is 1. The number of hydrogen-bond donors (Lipinski definition) is 1. The predicted molar refractivity (Wildman–Crippen MR) is 76.1 cm³/mol. The van der Waals surface area contributed by atoms with E-state index in [0.29, 0.717) is 17.5 Å². The summed E-state index contributed by atoms with van der Waals surface area (Å²) in [5.74, 6) is 0.172. The molecule has 0 aromatic heterocycles. The molecule has 3 rings (SSSR count). The van der Waals surface area contributed by atoms with Gasteiger partial charge >= 0.3 is 0 Å². The van der Waals surface area contributed by atoms with Crippen LogP contribution in [-0.4, -0.2) is 36.5 Å². The molecule has 20 heavy (non-hydrogen) atoms. The number of carbonyl (C=O) groups excluding carboxylic acids is 1. The second-order valence-electron chi connectivity index (χ2n) is 5.91. The molecule has 1 aromatic rings. The van der Waals surface area contributed by atoms with Gasteiger partial charge in [-0.05, 0) is 62.9 Å². The second kappa shape index (κ2) is 5.92. The minimum absolute atomic E-state index is 0.0161. The Morgan fingerprint density at radius 1 is 1.35 bits per heavy atom. The summed E-state index contributed by atoms with van der Waals surface area (Å²) in [7, 11) is 0. The van der Waals surface area contributed by atoms with Gasteiger partial charge in [-0.3, -0.25) is 4.79 Å². The van der Waals surface area contributed by atoms with Crippen LogP contribution in [-0.2, 0) is 0 Å². The third kappa shape index (κ3) is 3.18. The van der Waals surface area contributed by atoms with Crippen LogP contribution in [0.1, 0.15) is 36.0 Å². The van der Waals surface area contributed by atoms with Crippen LogP contribution in [0.15, 0.2) is 24.3 Å².